The van der Waals surface area contributed by atoms with Crippen LogP contribution in [0.15, 0.2) is 52.9 Å². The molecule has 118 valence electrons. The maximum absolute atomic E-state index is 11.6. The number of nitrogens with zero attached hydrogens (tertiary/aromatic N) is 1. The molecule has 0 aliphatic heterocycles. The van der Waals surface area contributed by atoms with Gasteiger partial charge in [0.1, 0.15) is 0 Å². The monoisotopic (exact) mass is 328 g/mol. The van der Waals surface area contributed by atoms with Crippen LogP contribution < -0.4 is 5.32 Å². The average Bonchev–Trinajstić information content (AvgIpc) is 2.89. The van der Waals surface area contributed by atoms with Crippen molar-refractivity contribution in [1.82, 2.24) is 4.57 Å². The summed E-state index contributed by atoms with van der Waals surface area (Å²) < 4.78 is 12.4. The number of anilines is 1. The highest BCUT2D eigenvalue weighted by Crippen LogP contribution is 2.18. The van der Waals surface area contributed by atoms with Crippen LogP contribution in [0.5, 0.6) is 0 Å². The maximum atomic E-state index is 11.6. The first-order chi connectivity index (χ1) is 11.2. The summed E-state index contributed by atoms with van der Waals surface area (Å²) in [5.74, 6) is -0.318. The number of esters is 1. The summed E-state index contributed by atoms with van der Waals surface area (Å²) in [6, 6.07) is 14.8. The molecule has 3 aromatic rings. The lowest BCUT2D eigenvalue weighted by Crippen LogP contribution is -2.08. The smallest absolute Gasteiger partial charge is 0.338 e. The minimum absolute atomic E-state index is 0.318. The molecule has 3 rings (SSSR count). The molecule has 0 atom stereocenters. The number of oxazole rings is 1. The van der Waals surface area contributed by atoms with E-state index < -0.39 is 0 Å². The summed E-state index contributed by atoms with van der Waals surface area (Å²) >= 11 is 5.25. The number of carbonyl (C=O) groups is 1. The Bertz CT molecular complexity index is 881. The van der Waals surface area contributed by atoms with E-state index in [1.165, 1.54) is 0 Å². The topological polar surface area (TPSA) is 56.4 Å². The highest BCUT2D eigenvalue weighted by molar-refractivity contribution is 7.71. The van der Waals surface area contributed by atoms with Crippen LogP contribution in [-0.2, 0) is 11.4 Å². The van der Waals surface area contributed by atoms with E-state index in [1.807, 2.05) is 41.0 Å². The zero-order valence-electron chi connectivity index (χ0n) is 12.6. The number of fused-ring (bicyclic) bond motifs is 1. The highest BCUT2D eigenvalue weighted by Gasteiger charge is 2.07. The predicted octanol–water partition coefficient (Wildman–Crippen LogP) is 4.21. The molecule has 2 aromatic carbocycles. The lowest BCUT2D eigenvalue weighted by Gasteiger charge is -2.08. The molecule has 1 N–H and O–H groups in total. The van der Waals surface area contributed by atoms with Gasteiger partial charge in [0.05, 0.1) is 24.4 Å². The van der Waals surface area contributed by atoms with Gasteiger partial charge in [-0.15, -0.1) is 0 Å². The van der Waals surface area contributed by atoms with Gasteiger partial charge >= 0.3 is 5.97 Å². The van der Waals surface area contributed by atoms with Crippen molar-refractivity contribution in [3.63, 3.8) is 0 Å². The number of aromatic nitrogens is 1. The number of benzene rings is 2. The Morgan fingerprint density at radius 1 is 1.22 bits per heavy atom. The van der Waals surface area contributed by atoms with Gasteiger partial charge in [-0.1, -0.05) is 12.1 Å². The van der Waals surface area contributed by atoms with Crippen LogP contribution in [0, 0.1) is 4.84 Å². The largest absolute Gasteiger partial charge is 0.462 e. The number of nitrogens with one attached hydrogen (secondary N) is 1. The summed E-state index contributed by atoms with van der Waals surface area (Å²) in [7, 11) is 0. The molecule has 0 spiro atoms. The van der Waals surface area contributed by atoms with E-state index in [2.05, 4.69) is 5.32 Å². The fraction of sp³-hybridized carbons (Fsp3) is 0.176. The Kier molecular flexibility index (Phi) is 4.43. The number of hydrogen-bond donors (Lipinski definition) is 1. The van der Waals surface area contributed by atoms with Gasteiger partial charge < -0.3 is 14.5 Å². The average molecular weight is 328 g/mol. The third-order valence-electron chi connectivity index (χ3n) is 3.41. The molecule has 23 heavy (non-hydrogen) atoms. The van der Waals surface area contributed by atoms with Crippen molar-refractivity contribution in [2.75, 3.05) is 11.9 Å². The third kappa shape index (κ3) is 3.27. The molecular formula is C17H16N2O3S. The van der Waals surface area contributed by atoms with Crippen LogP contribution in [0.3, 0.4) is 0 Å². The molecule has 0 saturated heterocycles. The van der Waals surface area contributed by atoms with E-state index in [0.717, 1.165) is 16.8 Å². The number of ether oxygens (including phenoxy) is 1. The quantitative estimate of drug-likeness (QED) is 0.561. The van der Waals surface area contributed by atoms with Crippen LogP contribution in [0.1, 0.15) is 17.3 Å². The molecule has 1 aromatic heterocycles. The minimum Gasteiger partial charge on any atom is -0.462 e. The standard InChI is InChI=1S/C17H16N2O3S/c1-2-21-16(20)12-7-9-13(10-8-12)18-11-19-14-5-3-4-6-15(14)22-17(19)23/h3-10,18H,2,11H2,1H3. The van der Waals surface area contributed by atoms with Crippen LogP contribution >= 0.6 is 12.2 Å². The maximum Gasteiger partial charge on any atom is 0.338 e. The van der Waals surface area contributed by atoms with Crippen LogP contribution in [0.25, 0.3) is 11.1 Å². The zero-order valence-corrected chi connectivity index (χ0v) is 13.4. The van der Waals surface area contributed by atoms with Gasteiger partial charge in [-0.2, -0.15) is 0 Å². The Morgan fingerprint density at radius 2 is 1.96 bits per heavy atom. The summed E-state index contributed by atoms with van der Waals surface area (Å²) in [5, 5.41) is 3.26. The van der Waals surface area contributed by atoms with Crippen molar-refractivity contribution in [2.45, 2.75) is 13.6 Å². The van der Waals surface area contributed by atoms with Crippen molar-refractivity contribution >= 4 is 35.0 Å². The van der Waals surface area contributed by atoms with Gasteiger partial charge in [0.25, 0.3) is 4.84 Å². The Morgan fingerprint density at radius 3 is 2.70 bits per heavy atom. The van der Waals surface area contributed by atoms with Gasteiger partial charge in [0.2, 0.25) is 0 Å². The van der Waals surface area contributed by atoms with E-state index >= 15 is 0 Å². The van der Waals surface area contributed by atoms with Gasteiger partial charge in [-0.25, -0.2) is 4.79 Å². The van der Waals surface area contributed by atoms with Crippen molar-refractivity contribution in [1.29, 1.82) is 0 Å². The first-order valence-electron chi connectivity index (χ1n) is 7.28. The Balaban J connectivity index is 1.74. The SMILES string of the molecule is CCOC(=O)c1ccc(NCn2c(=S)oc3ccccc32)cc1. The fourth-order valence-electron chi connectivity index (χ4n) is 2.27. The van der Waals surface area contributed by atoms with E-state index in [1.54, 1.807) is 19.1 Å². The molecule has 6 heteroatoms. The number of rotatable bonds is 5. The lowest BCUT2D eigenvalue weighted by molar-refractivity contribution is 0.0526. The van der Waals surface area contributed by atoms with Crippen molar-refractivity contribution < 1.29 is 13.9 Å². The van der Waals surface area contributed by atoms with Crippen molar-refractivity contribution in [3.8, 4) is 0 Å². The molecule has 0 unspecified atom stereocenters. The van der Waals surface area contributed by atoms with Crippen LogP contribution in [0.2, 0.25) is 0 Å². The van der Waals surface area contributed by atoms with Gasteiger partial charge in [-0.3, -0.25) is 4.57 Å². The molecule has 0 saturated carbocycles. The molecule has 0 amide bonds. The normalized spacial score (nSPS) is 10.7. The number of carbonyl (C=O) groups excluding carboxylic acids is 1. The van der Waals surface area contributed by atoms with E-state index in [4.69, 9.17) is 21.4 Å². The van der Waals surface area contributed by atoms with Crippen LogP contribution in [0.4, 0.5) is 5.69 Å². The fourth-order valence-corrected chi connectivity index (χ4v) is 2.53. The summed E-state index contributed by atoms with van der Waals surface area (Å²) in [4.78, 5) is 12.0. The molecule has 0 aliphatic rings. The second-order valence-electron chi connectivity index (χ2n) is 4.90. The first kappa shape index (κ1) is 15.3. The summed E-state index contributed by atoms with van der Waals surface area (Å²) in [6.07, 6.45) is 0. The molecule has 0 fully saturated rings. The van der Waals surface area contributed by atoms with E-state index in [0.29, 0.717) is 23.7 Å². The van der Waals surface area contributed by atoms with Gasteiger partial charge in [-0.05, 0) is 55.5 Å². The lowest BCUT2D eigenvalue weighted by atomic mass is 10.2. The second-order valence-corrected chi connectivity index (χ2v) is 5.25. The highest BCUT2D eigenvalue weighted by atomic mass is 32.1. The molecule has 0 bridgehead atoms. The van der Waals surface area contributed by atoms with Gasteiger partial charge in [0, 0.05) is 5.69 Å². The third-order valence-corrected chi connectivity index (χ3v) is 3.71. The molecule has 5 nitrogen and oxygen atoms in total. The predicted molar refractivity (Wildman–Crippen MR) is 91.1 cm³/mol. The van der Waals surface area contributed by atoms with E-state index in [9.17, 15) is 4.79 Å². The second kappa shape index (κ2) is 6.66. The summed E-state index contributed by atoms with van der Waals surface area (Å²) in [6.45, 7) is 2.63. The van der Waals surface area contributed by atoms with Crippen molar-refractivity contribution in [3.05, 3.63) is 58.9 Å². The van der Waals surface area contributed by atoms with Crippen molar-refractivity contribution in [2.24, 2.45) is 0 Å². The minimum atomic E-state index is -0.318. The summed E-state index contributed by atoms with van der Waals surface area (Å²) in [5.41, 5.74) is 3.11. The van der Waals surface area contributed by atoms with Crippen LogP contribution in [-0.4, -0.2) is 17.1 Å². The molecule has 1 heterocycles. The number of hydrogen-bond acceptors (Lipinski definition) is 5. The first-order valence-corrected chi connectivity index (χ1v) is 7.69. The molecular weight excluding hydrogens is 312 g/mol. The molecule has 0 radical (unpaired) electrons. The Labute approximate surface area is 138 Å². The Hall–Kier alpha value is -2.60. The van der Waals surface area contributed by atoms with E-state index in [-0.39, 0.29) is 5.97 Å². The number of para-hydroxylation sites is 2. The van der Waals surface area contributed by atoms with Gasteiger partial charge in [0.15, 0.2) is 5.58 Å². The zero-order chi connectivity index (χ0) is 16.2. The molecule has 0 aliphatic carbocycles.